The van der Waals surface area contributed by atoms with Crippen LogP contribution < -0.4 is 5.32 Å². The summed E-state index contributed by atoms with van der Waals surface area (Å²) < 4.78 is 2.07. The van der Waals surface area contributed by atoms with Gasteiger partial charge in [0.15, 0.2) is 0 Å². The van der Waals surface area contributed by atoms with E-state index in [1.165, 1.54) is 0 Å². The number of halogens is 1. The molecule has 0 saturated heterocycles. The molecule has 21 heavy (non-hydrogen) atoms. The summed E-state index contributed by atoms with van der Waals surface area (Å²) in [6.45, 7) is 5.04. The van der Waals surface area contributed by atoms with Gasteiger partial charge in [-0.05, 0) is 23.8 Å². The van der Waals surface area contributed by atoms with Gasteiger partial charge in [0.2, 0.25) is 0 Å². The number of hydrogen-bond acceptors (Lipinski definition) is 2. The predicted molar refractivity (Wildman–Crippen MR) is 87.6 cm³/mol. The lowest BCUT2D eigenvalue weighted by Crippen LogP contribution is -2.21. The molecular formula is C17H18ClN3. The van der Waals surface area contributed by atoms with Gasteiger partial charge in [0.1, 0.15) is 5.65 Å². The first-order chi connectivity index (χ1) is 10.1. The molecule has 1 aromatic carbocycles. The minimum Gasteiger partial charge on any atom is -0.310 e. The Kier molecular flexibility index (Phi) is 3.95. The van der Waals surface area contributed by atoms with Gasteiger partial charge in [0, 0.05) is 35.6 Å². The Morgan fingerprint density at radius 2 is 2.10 bits per heavy atom. The molecule has 0 aliphatic rings. The van der Waals surface area contributed by atoms with Gasteiger partial charge in [-0.1, -0.05) is 43.6 Å². The Labute approximate surface area is 129 Å². The van der Waals surface area contributed by atoms with Crippen molar-refractivity contribution in [2.75, 3.05) is 0 Å². The Bertz CT molecular complexity index is 762. The number of aromatic nitrogens is 2. The second kappa shape index (κ2) is 5.88. The summed E-state index contributed by atoms with van der Waals surface area (Å²) in [4.78, 5) is 4.31. The summed E-state index contributed by atoms with van der Waals surface area (Å²) in [5, 5.41) is 4.18. The van der Waals surface area contributed by atoms with E-state index in [4.69, 9.17) is 11.6 Å². The summed E-state index contributed by atoms with van der Waals surface area (Å²) in [6, 6.07) is 12.7. The van der Waals surface area contributed by atoms with E-state index < -0.39 is 0 Å². The minimum atomic E-state index is 0.445. The Morgan fingerprint density at radius 1 is 1.24 bits per heavy atom. The normalized spacial score (nSPS) is 11.4. The van der Waals surface area contributed by atoms with E-state index in [2.05, 4.69) is 46.7 Å². The van der Waals surface area contributed by atoms with Crippen molar-refractivity contribution in [3.05, 3.63) is 59.4 Å². The van der Waals surface area contributed by atoms with E-state index in [0.29, 0.717) is 6.04 Å². The van der Waals surface area contributed by atoms with Crippen LogP contribution >= 0.6 is 11.6 Å². The summed E-state index contributed by atoms with van der Waals surface area (Å²) >= 11 is 6.42. The van der Waals surface area contributed by atoms with Crippen molar-refractivity contribution in [3.63, 3.8) is 0 Å². The molecule has 3 nitrogen and oxygen atoms in total. The highest BCUT2D eigenvalue weighted by molar-refractivity contribution is 6.31. The van der Waals surface area contributed by atoms with E-state index in [9.17, 15) is 0 Å². The molecule has 0 amide bonds. The third kappa shape index (κ3) is 2.94. The zero-order valence-electron chi connectivity index (χ0n) is 12.2. The highest BCUT2D eigenvalue weighted by Crippen LogP contribution is 2.26. The SMILES string of the molecule is CC(C)NCc1ccc(-c2cccc3nccn23)cc1Cl. The molecule has 1 N–H and O–H groups in total. The molecule has 0 unspecified atom stereocenters. The maximum atomic E-state index is 6.42. The topological polar surface area (TPSA) is 29.3 Å². The van der Waals surface area contributed by atoms with Gasteiger partial charge >= 0.3 is 0 Å². The molecule has 108 valence electrons. The van der Waals surface area contributed by atoms with Crippen molar-refractivity contribution >= 4 is 17.2 Å². The fourth-order valence-electron chi connectivity index (χ4n) is 2.35. The van der Waals surface area contributed by atoms with Crippen LogP contribution in [0.15, 0.2) is 48.8 Å². The van der Waals surface area contributed by atoms with Crippen LogP contribution in [0.2, 0.25) is 5.02 Å². The molecule has 2 aromatic heterocycles. The maximum absolute atomic E-state index is 6.42. The number of nitrogens with one attached hydrogen (secondary N) is 1. The number of pyridine rings is 1. The molecule has 0 atom stereocenters. The third-order valence-electron chi connectivity index (χ3n) is 3.48. The average molecular weight is 300 g/mol. The van der Waals surface area contributed by atoms with Gasteiger partial charge in [-0.2, -0.15) is 0 Å². The lowest BCUT2D eigenvalue weighted by atomic mass is 10.1. The van der Waals surface area contributed by atoms with Crippen LogP contribution in [-0.2, 0) is 6.54 Å². The molecule has 3 aromatic rings. The van der Waals surface area contributed by atoms with Gasteiger partial charge in [-0.25, -0.2) is 4.98 Å². The molecule has 3 rings (SSSR count). The number of hydrogen-bond donors (Lipinski definition) is 1. The van der Waals surface area contributed by atoms with Crippen molar-refractivity contribution in [1.29, 1.82) is 0 Å². The fourth-order valence-corrected chi connectivity index (χ4v) is 2.59. The summed E-state index contributed by atoms with van der Waals surface area (Å²) in [5.41, 5.74) is 4.24. The molecule has 0 aliphatic carbocycles. The monoisotopic (exact) mass is 299 g/mol. The summed E-state index contributed by atoms with van der Waals surface area (Å²) in [6.07, 6.45) is 3.77. The lowest BCUT2D eigenvalue weighted by molar-refractivity contribution is 0.589. The van der Waals surface area contributed by atoms with Crippen LogP contribution in [0.1, 0.15) is 19.4 Å². The molecule has 0 radical (unpaired) electrons. The van der Waals surface area contributed by atoms with Crippen LogP contribution in [0.3, 0.4) is 0 Å². The summed E-state index contributed by atoms with van der Waals surface area (Å²) in [7, 11) is 0. The molecular weight excluding hydrogens is 282 g/mol. The Hall–Kier alpha value is -1.84. The van der Waals surface area contributed by atoms with Crippen molar-refractivity contribution < 1.29 is 0 Å². The average Bonchev–Trinajstić information content (AvgIpc) is 2.94. The number of nitrogens with zero attached hydrogens (tertiary/aromatic N) is 2. The highest BCUT2D eigenvalue weighted by Gasteiger charge is 2.07. The second-order valence-electron chi connectivity index (χ2n) is 5.41. The number of rotatable bonds is 4. The van der Waals surface area contributed by atoms with E-state index in [1.54, 1.807) is 6.20 Å². The number of imidazole rings is 1. The number of fused-ring (bicyclic) bond motifs is 1. The van der Waals surface area contributed by atoms with Crippen LogP contribution in [0.4, 0.5) is 0 Å². The van der Waals surface area contributed by atoms with Crippen LogP contribution in [0, 0.1) is 0 Å². The molecule has 0 saturated carbocycles. The smallest absolute Gasteiger partial charge is 0.137 e. The molecule has 0 spiro atoms. The standard InChI is InChI=1S/C17H18ClN3/c1-12(2)20-11-14-7-6-13(10-15(14)18)16-4-3-5-17-19-8-9-21(16)17/h3-10,12,20H,11H2,1-2H3. The first-order valence-electron chi connectivity index (χ1n) is 7.09. The predicted octanol–water partition coefficient (Wildman–Crippen LogP) is 4.15. The van der Waals surface area contributed by atoms with E-state index in [-0.39, 0.29) is 0 Å². The number of benzene rings is 1. The first-order valence-corrected chi connectivity index (χ1v) is 7.47. The summed E-state index contributed by atoms with van der Waals surface area (Å²) in [5.74, 6) is 0. The van der Waals surface area contributed by atoms with E-state index in [1.807, 2.05) is 24.4 Å². The zero-order valence-corrected chi connectivity index (χ0v) is 12.9. The van der Waals surface area contributed by atoms with Crippen LogP contribution in [0.5, 0.6) is 0 Å². The lowest BCUT2D eigenvalue weighted by Gasteiger charge is -2.11. The van der Waals surface area contributed by atoms with Crippen molar-refractivity contribution in [2.24, 2.45) is 0 Å². The van der Waals surface area contributed by atoms with Gasteiger partial charge in [0.05, 0.1) is 5.69 Å². The second-order valence-corrected chi connectivity index (χ2v) is 5.82. The highest BCUT2D eigenvalue weighted by atomic mass is 35.5. The van der Waals surface area contributed by atoms with Crippen molar-refractivity contribution in [2.45, 2.75) is 26.4 Å². The minimum absolute atomic E-state index is 0.445. The van der Waals surface area contributed by atoms with E-state index in [0.717, 1.165) is 34.0 Å². The zero-order chi connectivity index (χ0) is 14.8. The Balaban J connectivity index is 1.96. The van der Waals surface area contributed by atoms with E-state index >= 15 is 0 Å². The largest absolute Gasteiger partial charge is 0.310 e. The molecule has 0 fully saturated rings. The molecule has 4 heteroatoms. The van der Waals surface area contributed by atoms with Gasteiger partial charge < -0.3 is 5.32 Å². The van der Waals surface area contributed by atoms with Gasteiger partial charge in [-0.15, -0.1) is 0 Å². The quantitative estimate of drug-likeness (QED) is 0.784. The first kappa shape index (κ1) is 14.1. The van der Waals surface area contributed by atoms with Crippen molar-refractivity contribution in [3.8, 4) is 11.3 Å². The van der Waals surface area contributed by atoms with Gasteiger partial charge in [-0.3, -0.25) is 4.40 Å². The molecule has 0 aliphatic heterocycles. The molecule has 2 heterocycles. The van der Waals surface area contributed by atoms with Gasteiger partial charge in [0.25, 0.3) is 0 Å². The third-order valence-corrected chi connectivity index (χ3v) is 3.83. The van der Waals surface area contributed by atoms with Crippen LogP contribution in [-0.4, -0.2) is 15.4 Å². The fraction of sp³-hybridized carbons (Fsp3) is 0.235. The molecule has 0 bridgehead atoms. The van der Waals surface area contributed by atoms with Crippen molar-refractivity contribution in [1.82, 2.24) is 14.7 Å². The van der Waals surface area contributed by atoms with Crippen LogP contribution in [0.25, 0.3) is 16.9 Å². The Morgan fingerprint density at radius 3 is 2.86 bits per heavy atom. The maximum Gasteiger partial charge on any atom is 0.137 e.